The molecule has 1 aromatic heterocycles. The van der Waals surface area contributed by atoms with Crippen LogP contribution in [0.4, 0.5) is 22.7 Å². The minimum absolute atomic E-state index is 0.187. The summed E-state index contributed by atoms with van der Waals surface area (Å²) in [6.45, 7) is 4.51. The largest absolute Gasteiger partial charge is 0.456 e. The minimum Gasteiger partial charge on any atom is -0.456 e. The van der Waals surface area contributed by atoms with Crippen LogP contribution in [-0.4, -0.2) is 6.04 Å². The van der Waals surface area contributed by atoms with Crippen LogP contribution in [0.3, 0.4) is 0 Å². The van der Waals surface area contributed by atoms with Gasteiger partial charge in [0.05, 0.1) is 6.04 Å². The second-order valence-electron chi connectivity index (χ2n) is 10.8. The molecule has 1 aliphatic carbocycles. The Labute approximate surface area is 241 Å². The topological polar surface area (TPSA) is 28.4 Å². The zero-order chi connectivity index (χ0) is 27.8. The molecule has 3 nitrogen and oxygen atoms in total. The summed E-state index contributed by atoms with van der Waals surface area (Å²) in [4.78, 5) is 2.49. The van der Waals surface area contributed by atoms with E-state index in [2.05, 4.69) is 145 Å². The van der Waals surface area contributed by atoms with E-state index in [4.69, 9.17) is 4.42 Å². The lowest BCUT2D eigenvalue weighted by Crippen LogP contribution is -2.35. The molecule has 3 heteroatoms. The lowest BCUT2D eigenvalue weighted by molar-refractivity contribution is 0.609. The summed E-state index contributed by atoms with van der Waals surface area (Å²) in [5, 5.41) is 5.81. The number of aryl methyl sites for hydroxylation is 1. The first-order valence-corrected chi connectivity index (χ1v) is 14.2. The highest BCUT2D eigenvalue weighted by atomic mass is 16.3. The van der Waals surface area contributed by atoms with Crippen molar-refractivity contribution in [1.82, 2.24) is 0 Å². The molecule has 1 heterocycles. The highest BCUT2D eigenvalue weighted by Crippen LogP contribution is 2.42. The standard InChI is InChI=1S/C38H32N2O/c1-26-11-9-10-16-34(26)40(32-20-17-29(18-21-32)28-12-5-3-6-13-28)35-22-24-37-38(27(35)2)33-25-31(19-23-36(33)41-37)39-30-14-7-4-8-15-30/h3-26,34,39H,1-2H3/t26-,34?/m0/s1. The van der Waals surface area contributed by atoms with Crippen LogP contribution < -0.4 is 10.2 Å². The van der Waals surface area contributed by atoms with Crippen molar-refractivity contribution in [3.63, 3.8) is 0 Å². The van der Waals surface area contributed by atoms with Gasteiger partial charge < -0.3 is 14.6 Å². The third kappa shape index (κ3) is 4.70. The first-order valence-electron chi connectivity index (χ1n) is 14.2. The zero-order valence-electron chi connectivity index (χ0n) is 23.3. The van der Waals surface area contributed by atoms with Gasteiger partial charge in [0.1, 0.15) is 11.2 Å². The van der Waals surface area contributed by atoms with Crippen molar-refractivity contribution in [2.24, 2.45) is 5.92 Å². The van der Waals surface area contributed by atoms with Crippen LogP contribution in [0.15, 0.2) is 144 Å². The maximum Gasteiger partial charge on any atom is 0.135 e. The van der Waals surface area contributed by atoms with Crippen molar-refractivity contribution in [2.45, 2.75) is 19.9 Å². The van der Waals surface area contributed by atoms with Gasteiger partial charge in [-0.2, -0.15) is 0 Å². The molecule has 0 amide bonds. The van der Waals surface area contributed by atoms with Crippen molar-refractivity contribution in [2.75, 3.05) is 10.2 Å². The summed E-state index contributed by atoms with van der Waals surface area (Å²) in [6.07, 6.45) is 8.92. The second-order valence-corrected chi connectivity index (χ2v) is 10.8. The van der Waals surface area contributed by atoms with Crippen LogP contribution in [0.2, 0.25) is 0 Å². The number of allylic oxidation sites excluding steroid dienone is 2. The fourth-order valence-corrected chi connectivity index (χ4v) is 6.00. The van der Waals surface area contributed by atoms with Gasteiger partial charge in [-0.25, -0.2) is 0 Å². The highest BCUT2D eigenvalue weighted by Gasteiger charge is 2.27. The van der Waals surface area contributed by atoms with Gasteiger partial charge in [0.25, 0.3) is 0 Å². The summed E-state index contributed by atoms with van der Waals surface area (Å²) in [6, 6.07) is 40.7. The normalized spacial score (nSPS) is 16.3. The fourth-order valence-electron chi connectivity index (χ4n) is 6.00. The number of nitrogens with zero attached hydrogens (tertiary/aromatic N) is 1. The molecule has 0 aliphatic heterocycles. The molecule has 1 N–H and O–H groups in total. The van der Waals surface area contributed by atoms with E-state index in [0.717, 1.165) is 33.3 Å². The van der Waals surface area contributed by atoms with Crippen molar-refractivity contribution < 1.29 is 4.42 Å². The summed E-state index contributed by atoms with van der Waals surface area (Å²) in [5.41, 5.74) is 9.91. The molecule has 5 aromatic carbocycles. The number of anilines is 4. The molecule has 0 saturated heterocycles. The van der Waals surface area contributed by atoms with Crippen LogP contribution in [0.5, 0.6) is 0 Å². The van der Waals surface area contributed by atoms with E-state index in [-0.39, 0.29) is 6.04 Å². The molecule has 200 valence electrons. The smallest absolute Gasteiger partial charge is 0.135 e. The Hall–Kier alpha value is -5.02. The number of hydrogen-bond donors (Lipinski definition) is 1. The van der Waals surface area contributed by atoms with Crippen LogP contribution >= 0.6 is 0 Å². The van der Waals surface area contributed by atoms with Crippen molar-refractivity contribution in [3.8, 4) is 11.1 Å². The van der Waals surface area contributed by atoms with Gasteiger partial charge in [0.15, 0.2) is 0 Å². The van der Waals surface area contributed by atoms with Crippen molar-refractivity contribution in [3.05, 3.63) is 145 Å². The van der Waals surface area contributed by atoms with Crippen LogP contribution in [0, 0.1) is 12.8 Å². The minimum atomic E-state index is 0.187. The molecule has 2 atom stereocenters. The molecule has 0 radical (unpaired) electrons. The zero-order valence-corrected chi connectivity index (χ0v) is 23.3. The maximum absolute atomic E-state index is 6.34. The van der Waals surface area contributed by atoms with E-state index in [9.17, 15) is 0 Å². The van der Waals surface area contributed by atoms with E-state index < -0.39 is 0 Å². The highest BCUT2D eigenvalue weighted by molar-refractivity contribution is 6.09. The predicted octanol–water partition coefficient (Wildman–Crippen LogP) is 10.6. The lowest BCUT2D eigenvalue weighted by Gasteiger charge is -2.37. The molecule has 1 aliphatic rings. The van der Waals surface area contributed by atoms with Gasteiger partial charge in [-0.1, -0.05) is 91.9 Å². The molecular formula is C38H32N2O. The lowest BCUT2D eigenvalue weighted by atomic mass is 9.93. The third-order valence-electron chi connectivity index (χ3n) is 8.11. The van der Waals surface area contributed by atoms with E-state index in [1.54, 1.807) is 0 Å². The second kappa shape index (κ2) is 10.5. The quantitative estimate of drug-likeness (QED) is 0.231. The molecule has 0 bridgehead atoms. The number of furan rings is 1. The fraction of sp³-hybridized carbons (Fsp3) is 0.105. The van der Waals surface area contributed by atoms with Gasteiger partial charge in [0.2, 0.25) is 0 Å². The molecule has 0 saturated carbocycles. The first kappa shape index (κ1) is 25.0. The number of benzene rings is 5. The number of para-hydroxylation sites is 1. The Morgan fingerprint density at radius 2 is 1.34 bits per heavy atom. The van der Waals surface area contributed by atoms with Crippen molar-refractivity contribution in [1.29, 1.82) is 0 Å². The Balaban J connectivity index is 1.35. The van der Waals surface area contributed by atoms with Crippen LogP contribution in [0.1, 0.15) is 12.5 Å². The average molecular weight is 533 g/mol. The predicted molar refractivity (Wildman–Crippen MR) is 173 cm³/mol. The molecule has 41 heavy (non-hydrogen) atoms. The molecule has 1 unspecified atom stereocenters. The Morgan fingerprint density at radius 1 is 0.659 bits per heavy atom. The maximum atomic E-state index is 6.34. The van der Waals surface area contributed by atoms with E-state index >= 15 is 0 Å². The monoisotopic (exact) mass is 532 g/mol. The molecular weight excluding hydrogens is 500 g/mol. The molecule has 0 spiro atoms. The Kier molecular flexibility index (Phi) is 6.41. The summed E-state index contributed by atoms with van der Waals surface area (Å²) < 4.78 is 6.34. The summed E-state index contributed by atoms with van der Waals surface area (Å²) in [5.74, 6) is 0.353. The van der Waals surface area contributed by atoms with Gasteiger partial charge in [-0.05, 0) is 84.1 Å². The van der Waals surface area contributed by atoms with Gasteiger partial charge in [-0.15, -0.1) is 0 Å². The van der Waals surface area contributed by atoms with Crippen molar-refractivity contribution >= 4 is 44.7 Å². The molecule has 7 rings (SSSR count). The van der Waals surface area contributed by atoms with Gasteiger partial charge in [-0.3, -0.25) is 0 Å². The van der Waals surface area contributed by atoms with E-state index in [1.807, 2.05) is 18.2 Å². The van der Waals surface area contributed by atoms with Crippen LogP contribution in [0.25, 0.3) is 33.1 Å². The third-order valence-corrected chi connectivity index (χ3v) is 8.11. The first-order chi connectivity index (χ1) is 20.2. The van der Waals surface area contributed by atoms with Gasteiger partial charge >= 0.3 is 0 Å². The summed E-state index contributed by atoms with van der Waals surface area (Å²) >= 11 is 0. The number of hydrogen-bond acceptors (Lipinski definition) is 3. The van der Waals surface area contributed by atoms with E-state index in [1.165, 1.54) is 28.1 Å². The SMILES string of the molecule is Cc1c(N(c2ccc(-c3ccccc3)cc2)C2C=CC=C[C@@H]2C)ccc2oc3ccc(Nc4ccccc4)cc3c12. The molecule has 6 aromatic rings. The summed E-state index contributed by atoms with van der Waals surface area (Å²) in [7, 11) is 0. The van der Waals surface area contributed by atoms with E-state index in [0.29, 0.717) is 5.92 Å². The average Bonchev–Trinajstić information content (AvgIpc) is 3.39. The number of fused-ring (bicyclic) bond motifs is 3. The Bertz CT molecular complexity index is 1880. The molecule has 0 fully saturated rings. The number of nitrogens with one attached hydrogen (secondary N) is 1. The number of rotatable bonds is 6. The van der Waals surface area contributed by atoms with Gasteiger partial charge in [0, 0.05) is 33.5 Å². The Morgan fingerprint density at radius 3 is 2.10 bits per heavy atom. The van der Waals surface area contributed by atoms with Crippen LogP contribution in [-0.2, 0) is 0 Å².